The van der Waals surface area contributed by atoms with Crippen molar-refractivity contribution in [3.8, 4) is 17.2 Å². The number of nitriles is 1. The molecule has 148 valence electrons. The molecule has 0 amide bonds. The summed E-state index contributed by atoms with van der Waals surface area (Å²) in [4.78, 5) is 13.0. The molecule has 1 atom stereocenters. The van der Waals surface area contributed by atoms with E-state index in [0.717, 1.165) is 16.7 Å². The number of rotatable bonds is 4. The molecule has 0 aliphatic rings. The van der Waals surface area contributed by atoms with Crippen molar-refractivity contribution in [1.82, 2.24) is 15.0 Å². The second kappa shape index (κ2) is 7.38. The van der Waals surface area contributed by atoms with Gasteiger partial charge in [0.15, 0.2) is 5.60 Å². The lowest BCUT2D eigenvalue weighted by Crippen LogP contribution is -2.42. The molecule has 0 radical (unpaired) electrons. The first-order chi connectivity index (χ1) is 13.6. The Morgan fingerprint density at radius 3 is 1.93 bits per heavy atom. The van der Waals surface area contributed by atoms with E-state index in [-0.39, 0.29) is 0 Å². The fraction of sp³-hybridized carbons (Fsp3) is 0.333. The molecule has 0 aliphatic heterocycles. The molecule has 0 saturated carbocycles. The summed E-state index contributed by atoms with van der Waals surface area (Å²) in [5.41, 5.74) is 1.46. The minimum Gasteiger partial charge on any atom is -0.377 e. The summed E-state index contributed by atoms with van der Waals surface area (Å²) in [6, 6.07) is 14.0. The van der Waals surface area contributed by atoms with E-state index in [1.807, 2.05) is 71.0 Å². The average Bonchev–Trinajstić information content (AvgIpc) is 2.73. The zero-order valence-electron chi connectivity index (χ0n) is 17.5. The molecular formula is C24H26N4O. The first-order valence-corrected chi connectivity index (χ1v) is 9.57. The van der Waals surface area contributed by atoms with Crippen LogP contribution in [0.1, 0.15) is 51.6 Å². The number of pyridine rings is 1. The highest BCUT2D eigenvalue weighted by atomic mass is 16.3. The molecule has 29 heavy (non-hydrogen) atoms. The molecule has 0 saturated heterocycles. The molecule has 1 unspecified atom stereocenters. The van der Waals surface area contributed by atoms with Crippen molar-refractivity contribution in [1.29, 1.82) is 5.26 Å². The Balaban J connectivity index is 1.98. The third-order valence-corrected chi connectivity index (χ3v) is 5.37. The maximum Gasteiger partial charge on any atom is 0.154 e. The van der Waals surface area contributed by atoms with Gasteiger partial charge in [-0.25, -0.2) is 0 Å². The average molecular weight is 386 g/mol. The lowest BCUT2D eigenvalue weighted by Gasteiger charge is -2.39. The molecule has 0 fully saturated rings. The van der Waals surface area contributed by atoms with E-state index in [9.17, 15) is 10.4 Å². The van der Waals surface area contributed by atoms with Crippen molar-refractivity contribution in [3.63, 3.8) is 0 Å². The predicted octanol–water partition coefficient (Wildman–Crippen LogP) is 4.62. The number of aliphatic hydroxyl groups is 1. The Morgan fingerprint density at radius 1 is 0.793 bits per heavy atom. The molecule has 2 heterocycles. The van der Waals surface area contributed by atoms with Crippen molar-refractivity contribution < 1.29 is 5.11 Å². The van der Waals surface area contributed by atoms with Crippen LogP contribution in [0.2, 0.25) is 0 Å². The quantitative estimate of drug-likeness (QED) is 0.707. The van der Waals surface area contributed by atoms with Crippen LogP contribution in [0.15, 0.2) is 61.2 Å². The summed E-state index contributed by atoms with van der Waals surface area (Å²) in [5.74, 6) is 0. The van der Waals surface area contributed by atoms with Gasteiger partial charge in [-0.2, -0.15) is 5.26 Å². The van der Waals surface area contributed by atoms with Gasteiger partial charge < -0.3 is 5.11 Å². The van der Waals surface area contributed by atoms with E-state index in [1.165, 1.54) is 0 Å². The summed E-state index contributed by atoms with van der Waals surface area (Å²) in [7, 11) is 0. The second-order valence-electron chi connectivity index (χ2n) is 8.80. The number of nitrogens with zero attached hydrogens (tertiary/aromatic N) is 4. The number of benzene rings is 1. The highest BCUT2D eigenvalue weighted by Crippen LogP contribution is 2.43. The van der Waals surface area contributed by atoms with E-state index in [4.69, 9.17) is 0 Å². The Morgan fingerprint density at radius 2 is 1.45 bits per heavy atom. The predicted molar refractivity (Wildman–Crippen MR) is 113 cm³/mol. The molecule has 3 rings (SSSR count). The van der Waals surface area contributed by atoms with Gasteiger partial charge in [0, 0.05) is 29.6 Å². The second-order valence-corrected chi connectivity index (χ2v) is 8.80. The van der Waals surface area contributed by atoms with Gasteiger partial charge in [0.2, 0.25) is 0 Å². The van der Waals surface area contributed by atoms with E-state index in [0.29, 0.717) is 11.4 Å². The lowest BCUT2D eigenvalue weighted by molar-refractivity contribution is -0.0335. The molecule has 5 nitrogen and oxygen atoms in total. The smallest absolute Gasteiger partial charge is 0.154 e. The highest BCUT2D eigenvalue weighted by Gasteiger charge is 2.46. The van der Waals surface area contributed by atoms with Gasteiger partial charge in [-0.3, -0.25) is 15.0 Å². The lowest BCUT2D eigenvalue weighted by atomic mass is 9.72. The molecule has 0 spiro atoms. The summed E-state index contributed by atoms with van der Waals surface area (Å²) in [5, 5.41) is 20.9. The molecule has 0 bridgehead atoms. The van der Waals surface area contributed by atoms with Gasteiger partial charge in [0.1, 0.15) is 0 Å². The molecular weight excluding hydrogens is 360 g/mol. The van der Waals surface area contributed by atoms with Crippen molar-refractivity contribution in [2.45, 2.75) is 45.6 Å². The SMILES string of the molecule is CC(C)(C#N)c1ccc(-c2ccc(C(O)(c3cnccn3)C(C)(C)C)nc2)cc1. The first-order valence-electron chi connectivity index (χ1n) is 9.57. The Hall–Kier alpha value is -3.10. The summed E-state index contributed by atoms with van der Waals surface area (Å²) in [6.07, 6.45) is 6.49. The summed E-state index contributed by atoms with van der Waals surface area (Å²) >= 11 is 0. The van der Waals surface area contributed by atoms with Crippen LogP contribution in [0.5, 0.6) is 0 Å². The van der Waals surface area contributed by atoms with Crippen molar-refractivity contribution in [2.24, 2.45) is 5.41 Å². The topological polar surface area (TPSA) is 82.7 Å². The van der Waals surface area contributed by atoms with E-state index >= 15 is 0 Å². The van der Waals surface area contributed by atoms with Crippen LogP contribution in [-0.2, 0) is 11.0 Å². The zero-order chi connectivity index (χ0) is 21.3. The largest absolute Gasteiger partial charge is 0.377 e. The van der Waals surface area contributed by atoms with Crippen LogP contribution in [0.4, 0.5) is 0 Å². The van der Waals surface area contributed by atoms with E-state index in [1.54, 1.807) is 24.8 Å². The molecule has 5 heteroatoms. The van der Waals surface area contributed by atoms with Crippen LogP contribution in [-0.4, -0.2) is 20.1 Å². The summed E-state index contributed by atoms with van der Waals surface area (Å²) < 4.78 is 0. The van der Waals surface area contributed by atoms with Gasteiger partial charge in [-0.1, -0.05) is 51.1 Å². The maximum atomic E-state index is 11.6. The fourth-order valence-corrected chi connectivity index (χ4v) is 3.31. The number of aromatic nitrogens is 3. The molecule has 0 aliphatic carbocycles. The van der Waals surface area contributed by atoms with Crippen LogP contribution in [0.3, 0.4) is 0 Å². The maximum absolute atomic E-state index is 11.6. The van der Waals surface area contributed by atoms with Gasteiger partial charge in [0.25, 0.3) is 0 Å². The molecule has 2 aromatic heterocycles. The normalized spacial score (nSPS) is 14.1. The fourth-order valence-electron chi connectivity index (χ4n) is 3.31. The van der Waals surface area contributed by atoms with Gasteiger partial charge >= 0.3 is 0 Å². The monoisotopic (exact) mass is 386 g/mol. The van der Waals surface area contributed by atoms with Crippen LogP contribution >= 0.6 is 0 Å². The van der Waals surface area contributed by atoms with Crippen molar-refractivity contribution >= 4 is 0 Å². The Kier molecular flexibility index (Phi) is 5.25. The van der Waals surface area contributed by atoms with Crippen molar-refractivity contribution in [2.75, 3.05) is 0 Å². The molecule has 3 aromatic rings. The third kappa shape index (κ3) is 3.76. The van der Waals surface area contributed by atoms with Crippen LogP contribution in [0.25, 0.3) is 11.1 Å². The standard InChI is InChI=1S/C24H26N4O/c1-22(2,3)24(29,21-15-26-12-13-27-21)20-11-8-18(14-28-20)17-6-9-19(10-7-17)23(4,5)16-25/h6-15,29H,1-5H3. The number of hydrogen-bond acceptors (Lipinski definition) is 5. The molecule has 1 aromatic carbocycles. The summed E-state index contributed by atoms with van der Waals surface area (Å²) in [6.45, 7) is 9.66. The zero-order valence-corrected chi connectivity index (χ0v) is 17.5. The van der Waals surface area contributed by atoms with Gasteiger partial charge in [0.05, 0.1) is 29.1 Å². The Labute approximate surface area is 172 Å². The minimum absolute atomic E-state index is 0.468. The van der Waals surface area contributed by atoms with Crippen LogP contribution in [0, 0.1) is 16.7 Å². The van der Waals surface area contributed by atoms with Crippen molar-refractivity contribution in [3.05, 3.63) is 78.1 Å². The van der Waals surface area contributed by atoms with Crippen LogP contribution < -0.4 is 0 Å². The molecule has 1 N–H and O–H groups in total. The van der Waals surface area contributed by atoms with Gasteiger partial charge in [-0.15, -0.1) is 0 Å². The minimum atomic E-state index is -1.37. The Bertz CT molecular complexity index is 1010. The number of hydrogen-bond donors (Lipinski definition) is 1. The van der Waals surface area contributed by atoms with E-state index in [2.05, 4.69) is 21.0 Å². The van der Waals surface area contributed by atoms with Gasteiger partial charge in [-0.05, 0) is 31.0 Å². The third-order valence-electron chi connectivity index (χ3n) is 5.37. The first kappa shape index (κ1) is 20.6. The van der Waals surface area contributed by atoms with E-state index < -0.39 is 16.4 Å². The highest BCUT2D eigenvalue weighted by molar-refractivity contribution is 5.63.